The lowest BCUT2D eigenvalue weighted by Gasteiger charge is -2.32. The van der Waals surface area contributed by atoms with E-state index in [1.807, 2.05) is 6.92 Å². The Hall–Kier alpha value is -0.120. The average molecular weight is 201 g/mol. The van der Waals surface area contributed by atoms with E-state index in [1.54, 1.807) is 0 Å². The van der Waals surface area contributed by atoms with Gasteiger partial charge in [0.15, 0.2) is 0 Å². The van der Waals surface area contributed by atoms with Gasteiger partial charge in [-0.15, -0.1) is 0 Å². The third-order valence-electron chi connectivity index (χ3n) is 3.02. The number of hydrogen-bond acceptors (Lipinski definition) is 3. The fraction of sp³-hybridized carbons (Fsp3) is 1.00. The molecular weight excluding hydrogens is 178 g/mol. The van der Waals surface area contributed by atoms with Gasteiger partial charge in [0.25, 0.3) is 0 Å². The minimum absolute atomic E-state index is 0.184. The van der Waals surface area contributed by atoms with E-state index >= 15 is 0 Å². The van der Waals surface area contributed by atoms with Crippen LogP contribution >= 0.6 is 0 Å². The summed E-state index contributed by atoms with van der Waals surface area (Å²) < 4.78 is 11.0. The zero-order valence-electron chi connectivity index (χ0n) is 9.37. The molecule has 1 heterocycles. The van der Waals surface area contributed by atoms with Gasteiger partial charge in [0.05, 0.1) is 6.10 Å². The SMILES string of the molecule is CCOC(CC)C(N)C1CCOCC1. The molecule has 0 bridgehead atoms. The van der Waals surface area contributed by atoms with E-state index in [0.29, 0.717) is 5.92 Å². The van der Waals surface area contributed by atoms with Crippen molar-refractivity contribution in [2.45, 2.75) is 45.3 Å². The maximum absolute atomic E-state index is 6.21. The quantitative estimate of drug-likeness (QED) is 0.734. The highest BCUT2D eigenvalue weighted by molar-refractivity contribution is 4.81. The Bertz CT molecular complexity index is 141. The van der Waals surface area contributed by atoms with Crippen LogP contribution in [0.2, 0.25) is 0 Å². The molecule has 3 heteroatoms. The van der Waals surface area contributed by atoms with Crippen LogP contribution in [0.3, 0.4) is 0 Å². The lowest BCUT2D eigenvalue weighted by atomic mass is 9.88. The fourth-order valence-corrected chi connectivity index (χ4v) is 2.12. The molecule has 1 fully saturated rings. The van der Waals surface area contributed by atoms with Crippen molar-refractivity contribution in [1.82, 2.24) is 0 Å². The summed E-state index contributed by atoms with van der Waals surface area (Å²) in [5.74, 6) is 0.584. The van der Waals surface area contributed by atoms with Gasteiger partial charge in [0.2, 0.25) is 0 Å². The summed E-state index contributed by atoms with van der Waals surface area (Å²) in [6.45, 7) is 6.65. The molecule has 0 aromatic carbocycles. The summed E-state index contributed by atoms with van der Waals surface area (Å²) >= 11 is 0. The number of rotatable bonds is 5. The van der Waals surface area contributed by atoms with Gasteiger partial charge in [0.1, 0.15) is 0 Å². The van der Waals surface area contributed by atoms with Crippen molar-refractivity contribution in [3.05, 3.63) is 0 Å². The second kappa shape index (κ2) is 6.38. The normalized spacial score (nSPS) is 23.4. The Kier molecular flexibility index (Phi) is 5.45. The van der Waals surface area contributed by atoms with Crippen molar-refractivity contribution in [1.29, 1.82) is 0 Å². The van der Waals surface area contributed by atoms with Crippen LogP contribution in [0.5, 0.6) is 0 Å². The zero-order valence-corrected chi connectivity index (χ0v) is 9.37. The van der Waals surface area contributed by atoms with E-state index in [2.05, 4.69) is 6.92 Å². The van der Waals surface area contributed by atoms with Crippen LogP contribution in [0, 0.1) is 5.92 Å². The molecule has 1 saturated heterocycles. The van der Waals surface area contributed by atoms with Gasteiger partial charge < -0.3 is 15.2 Å². The van der Waals surface area contributed by atoms with Crippen LogP contribution in [0.25, 0.3) is 0 Å². The van der Waals surface area contributed by atoms with Gasteiger partial charge in [-0.05, 0) is 32.1 Å². The summed E-state index contributed by atoms with van der Waals surface area (Å²) in [5, 5.41) is 0. The molecule has 0 aliphatic carbocycles. The maximum Gasteiger partial charge on any atom is 0.0725 e. The molecule has 0 radical (unpaired) electrons. The van der Waals surface area contributed by atoms with Crippen molar-refractivity contribution in [2.24, 2.45) is 11.7 Å². The number of hydrogen-bond donors (Lipinski definition) is 1. The first-order valence-corrected chi connectivity index (χ1v) is 5.74. The summed E-state index contributed by atoms with van der Waals surface area (Å²) in [6, 6.07) is 0.184. The van der Waals surface area contributed by atoms with Gasteiger partial charge in [-0.1, -0.05) is 6.92 Å². The highest BCUT2D eigenvalue weighted by atomic mass is 16.5. The maximum atomic E-state index is 6.21. The Morgan fingerprint density at radius 1 is 1.36 bits per heavy atom. The molecule has 2 unspecified atom stereocenters. The molecule has 3 nitrogen and oxygen atoms in total. The Morgan fingerprint density at radius 2 is 2.00 bits per heavy atom. The molecule has 0 aromatic heterocycles. The van der Waals surface area contributed by atoms with E-state index in [1.165, 1.54) is 0 Å². The predicted molar refractivity (Wildman–Crippen MR) is 57.2 cm³/mol. The van der Waals surface area contributed by atoms with Crippen LogP contribution < -0.4 is 5.73 Å². The first-order valence-electron chi connectivity index (χ1n) is 5.74. The molecule has 1 aliphatic heterocycles. The lowest BCUT2D eigenvalue weighted by molar-refractivity contribution is -0.00287. The molecule has 84 valence electrons. The highest BCUT2D eigenvalue weighted by Gasteiger charge is 2.27. The monoisotopic (exact) mass is 201 g/mol. The standard InChI is InChI=1S/C11H23NO2/c1-3-10(14-4-2)11(12)9-5-7-13-8-6-9/h9-11H,3-8,12H2,1-2H3. The van der Waals surface area contributed by atoms with Crippen LogP contribution in [-0.4, -0.2) is 32.0 Å². The summed E-state index contributed by atoms with van der Waals surface area (Å²) in [7, 11) is 0. The van der Waals surface area contributed by atoms with E-state index in [9.17, 15) is 0 Å². The van der Waals surface area contributed by atoms with Gasteiger partial charge in [-0.2, -0.15) is 0 Å². The van der Waals surface area contributed by atoms with Crippen LogP contribution in [0.1, 0.15) is 33.1 Å². The van der Waals surface area contributed by atoms with Crippen molar-refractivity contribution in [2.75, 3.05) is 19.8 Å². The lowest BCUT2D eigenvalue weighted by Crippen LogP contribution is -2.44. The molecule has 2 N–H and O–H groups in total. The van der Waals surface area contributed by atoms with E-state index < -0.39 is 0 Å². The van der Waals surface area contributed by atoms with Gasteiger partial charge >= 0.3 is 0 Å². The van der Waals surface area contributed by atoms with Crippen molar-refractivity contribution in [3.63, 3.8) is 0 Å². The number of ether oxygens (including phenoxy) is 2. The largest absolute Gasteiger partial charge is 0.381 e. The molecule has 2 atom stereocenters. The van der Waals surface area contributed by atoms with Crippen LogP contribution in [0.4, 0.5) is 0 Å². The first kappa shape index (κ1) is 12.0. The fourth-order valence-electron chi connectivity index (χ4n) is 2.12. The van der Waals surface area contributed by atoms with Gasteiger partial charge in [-0.25, -0.2) is 0 Å². The minimum atomic E-state index is 0.184. The summed E-state index contributed by atoms with van der Waals surface area (Å²) in [5.41, 5.74) is 6.21. The predicted octanol–water partition coefficient (Wildman–Crippen LogP) is 1.56. The van der Waals surface area contributed by atoms with E-state index in [4.69, 9.17) is 15.2 Å². The molecule has 14 heavy (non-hydrogen) atoms. The minimum Gasteiger partial charge on any atom is -0.381 e. The number of nitrogens with two attached hydrogens (primary N) is 1. The Morgan fingerprint density at radius 3 is 2.50 bits per heavy atom. The second-order valence-electron chi connectivity index (χ2n) is 3.93. The third kappa shape index (κ3) is 3.23. The molecule has 1 aliphatic rings. The highest BCUT2D eigenvalue weighted by Crippen LogP contribution is 2.21. The van der Waals surface area contributed by atoms with Gasteiger partial charge in [0, 0.05) is 25.9 Å². The second-order valence-corrected chi connectivity index (χ2v) is 3.93. The Labute approximate surface area is 86.9 Å². The third-order valence-corrected chi connectivity index (χ3v) is 3.02. The van der Waals surface area contributed by atoms with E-state index in [-0.39, 0.29) is 12.1 Å². The van der Waals surface area contributed by atoms with Crippen molar-refractivity contribution < 1.29 is 9.47 Å². The Balaban J connectivity index is 2.38. The summed E-state index contributed by atoms with van der Waals surface area (Å²) in [6.07, 6.45) is 3.41. The van der Waals surface area contributed by atoms with Crippen molar-refractivity contribution >= 4 is 0 Å². The zero-order chi connectivity index (χ0) is 10.4. The topological polar surface area (TPSA) is 44.5 Å². The molecule has 0 spiro atoms. The molecule has 0 aromatic rings. The van der Waals surface area contributed by atoms with Crippen LogP contribution in [0.15, 0.2) is 0 Å². The molecular formula is C11H23NO2. The van der Waals surface area contributed by atoms with Gasteiger partial charge in [-0.3, -0.25) is 0 Å². The first-order chi connectivity index (χ1) is 6.79. The summed E-state index contributed by atoms with van der Waals surface area (Å²) in [4.78, 5) is 0. The van der Waals surface area contributed by atoms with E-state index in [0.717, 1.165) is 39.1 Å². The van der Waals surface area contributed by atoms with Crippen LogP contribution in [-0.2, 0) is 9.47 Å². The molecule has 0 saturated carbocycles. The molecule has 1 rings (SSSR count). The van der Waals surface area contributed by atoms with Crippen molar-refractivity contribution in [3.8, 4) is 0 Å². The smallest absolute Gasteiger partial charge is 0.0725 e. The molecule has 0 amide bonds. The average Bonchev–Trinajstić information content (AvgIpc) is 2.26.